The van der Waals surface area contributed by atoms with Gasteiger partial charge in [-0.2, -0.15) is 0 Å². The molecule has 3 aromatic rings. The van der Waals surface area contributed by atoms with Crippen molar-refractivity contribution in [3.8, 4) is 5.75 Å². The fourth-order valence-electron chi connectivity index (χ4n) is 2.16. The maximum absolute atomic E-state index is 12.2. The van der Waals surface area contributed by atoms with Crippen molar-refractivity contribution < 1.29 is 14.3 Å². The van der Waals surface area contributed by atoms with Crippen LogP contribution < -0.4 is 10.9 Å². The number of amides is 1. The van der Waals surface area contributed by atoms with Gasteiger partial charge in [-0.15, -0.1) is 0 Å². The third kappa shape index (κ3) is 2.56. The van der Waals surface area contributed by atoms with E-state index in [1.807, 2.05) is 6.92 Å². The second-order valence-corrected chi connectivity index (χ2v) is 4.96. The van der Waals surface area contributed by atoms with Gasteiger partial charge in [0.05, 0.1) is 5.69 Å². The van der Waals surface area contributed by atoms with Crippen molar-refractivity contribution >= 4 is 22.6 Å². The maximum Gasteiger partial charge on any atom is 0.349 e. The van der Waals surface area contributed by atoms with Crippen LogP contribution in [0.2, 0.25) is 0 Å². The Kier molecular flexibility index (Phi) is 3.39. The summed E-state index contributed by atoms with van der Waals surface area (Å²) in [6, 6.07) is 13.3. The van der Waals surface area contributed by atoms with Gasteiger partial charge in [0.2, 0.25) is 0 Å². The molecule has 0 spiro atoms. The Bertz CT molecular complexity index is 927. The minimum absolute atomic E-state index is 0.0569. The Morgan fingerprint density at radius 3 is 2.68 bits per heavy atom. The lowest BCUT2D eigenvalue weighted by Crippen LogP contribution is -2.20. The Labute approximate surface area is 125 Å². The number of phenolic OH excluding ortho intramolecular Hbond substituents is 1. The Balaban J connectivity index is 1.98. The van der Waals surface area contributed by atoms with Crippen molar-refractivity contribution in [3.63, 3.8) is 0 Å². The SMILES string of the molecule is Cc1ccc(NC(=O)c2cc3ccccc3oc2=O)c(O)c1. The molecule has 110 valence electrons. The van der Waals surface area contributed by atoms with Crippen molar-refractivity contribution in [2.45, 2.75) is 6.92 Å². The summed E-state index contributed by atoms with van der Waals surface area (Å²) in [5, 5.41) is 13.0. The van der Waals surface area contributed by atoms with Crippen LogP contribution in [-0.4, -0.2) is 11.0 Å². The van der Waals surface area contributed by atoms with E-state index in [4.69, 9.17) is 4.42 Å². The quantitative estimate of drug-likeness (QED) is 0.562. The van der Waals surface area contributed by atoms with Crippen molar-refractivity contribution in [1.29, 1.82) is 0 Å². The van der Waals surface area contributed by atoms with E-state index in [0.29, 0.717) is 11.0 Å². The highest BCUT2D eigenvalue weighted by Crippen LogP contribution is 2.24. The van der Waals surface area contributed by atoms with Crippen LogP contribution in [0.25, 0.3) is 11.0 Å². The van der Waals surface area contributed by atoms with E-state index >= 15 is 0 Å². The molecule has 2 N–H and O–H groups in total. The average molecular weight is 295 g/mol. The molecule has 3 rings (SSSR count). The summed E-state index contributed by atoms with van der Waals surface area (Å²) < 4.78 is 5.12. The molecule has 0 aliphatic carbocycles. The summed E-state index contributed by atoms with van der Waals surface area (Å²) in [5.41, 5.74) is 0.688. The molecule has 0 saturated heterocycles. The van der Waals surface area contributed by atoms with Gasteiger partial charge in [-0.25, -0.2) is 4.79 Å². The topological polar surface area (TPSA) is 79.5 Å². The number of aryl methyl sites for hydroxylation is 1. The minimum atomic E-state index is -0.720. The second-order valence-electron chi connectivity index (χ2n) is 4.96. The standard InChI is InChI=1S/C17H13NO4/c1-10-6-7-13(14(19)8-10)18-16(20)12-9-11-4-2-3-5-15(11)22-17(12)21/h2-9,19H,1H3,(H,18,20). The first-order chi connectivity index (χ1) is 10.5. The Hall–Kier alpha value is -3.08. The molecule has 0 bridgehead atoms. The zero-order chi connectivity index (χ0) is 15.7. The van der Waals surface area contributed by atoms with Crippen LogP contribution in [0.3, 0.4) is 0 Å². The van der Waals surface area contributed by atoms with Crippen molar-refractivity contribution in [2.75, 3.05) is 5.32 Å². The average Bonchev–Trinajstić information content (AvgIpc) is 2.49. The number of rotatable bonds is 2. The molecule has 0 saturated carbocycles. The van der Waals surface area contributed by atoms with E-state index in [9.17, 15) is 14.7 Å². The predicted octanol–water partition coefficient (Wildman–Crippen LogP) is 3.06. The fraction of sp³-hybridized carbons (Fsp3) is 0.0588. The highest BCUT2D eigenvalue weighted by Gasteiger charge is 2.15. The normalized spacial score (nSPS) is 10.6. The van der Waals surface area contributed by atoms with Crippen molar-refractivity contribution in [3.05, 3.63) is 70.1 Å². The van der Waals surface area contributed by atoms with E-state index in [1.165, 1.54) is 12.1 Å². The van der Waals surface area contributed by atoms with Crippen LogP contribution in [0, 0.1) is 6.92 Å². The third-order valence-electron chi connectivity index (χ3n) is 3.29. The number of aromatic hydroxyl groups is 1. The smallest absolute Gasteiger partial charge is 0.349 e. The lowest BCUT2D eigenvalue weighted by atomic mass is 10.1. The van der Waals surface area contributed by atoms with Crippen molar-refractivity contribution in [1.82, 2.24) is 0 Å². The molecule has 2 aromatic carbocycles. The summed E-state index contributed by atoms with van der Waals surface area (Å²) in [6.45, 7) is 1.82. The van der Waals surface area contributed by atoms with Gasteiger partial charge >= 0.3 is 5.63 Å². The molecule has 1 heterocycles. The molecular weight excluding hydrogens is 282 g/mol. The molecule has 0 fully saturated rings. The van der Waals surface area contributed by atoms with E-state index in [1.54, 1.807) is 36.4 Å². The summed E-state index contributed by atoms with van der Waals surface area (Å²) in [5.74, 6) is -0.683. The molecule has 0 unspecified atom stereocenters. The minimum Gasteiger partial charge on any atom is -0.506 e. The number of benzene rings is 2. The van der Waals surface area contributed by atoms with Crippen LogP contribution in [0.1, 0.15) is 15.9 Å². The lowest BCUT2D eigenvalue weighted by Gasteiger charge is -2.07. The van der Waals surface area contributed by atoms with Gasteiger partial charge in [0, 0.05) is 5.39 Å². The summed E-state index contributed by atoms with van der Waals surface area (Å²) in [6.07, 6.45) is 0. The lowest BCUT2D eigenvalue weighted by molar-refractivity contribution is 0.102. The number of carbonyl (C=O) groups is 1. The molecule has 0 aliphatic rings. The number of anilines is 1. The van der Waals surface area contributed by atoms with Gasteiger partial charge in [-0.3, -0.25) is 4.79 Å². The number of phenols is 1. The van der Waals surface area contributed by atoms with E-state index in [2.05, 4.69) is 5.32 Å². The molecule has 0 radical (unpaired) electrons. The van der Waals surface area contributed by atoms with E-state index in [0.717, 1.165) is 5.56 Å². The van der Waals surface area contributed by atoms with E-state index < -0.39 is 11.5 Å². The molecule has 0 aliphatic heterocycles. The van der Waals surface area contributed by atoms with E-state index in [-0.39, 0.29) is 17.0 Å². The van der Waals surface area contributed by atoms with Gasteiger partial charge in [0.15, 0.2) is 0 Å². The number of fused-ring (bicyclic) bond motifs is 1. The monoisotopic (exact) mass is 295 g/mol. The Morgan fingerprint density at radius 2 is 1.91 bits per heavy atom. The Morgan fingerprint density at radius 1 is 1.14 bits per heavy atom. The van der Waals surface area contributed by atoms with Crippen LogP contribution in [0.5, 0.6) is 5.75 Å². The third-order valence-corrected chi connectivity index (χ3v) is 3.29. The number of nitrogens with one attached hydrogen (secondary N) is 1. The number of hydrogen-bond donors (Lipinski definition) is 2. The summed E-state index contributed by atoms with van der Waals surface area (Å²) in [7, 11) is 0. The number of carbonyl (C=O) groups excluding carboxylic acids is 1. The van der Waals surface area contributed by atoms with Crippen LogP contribution in [0.15, 0.2) is 57.7 Å². The van der Waals surface area contributed by atoms with Gasteiger partial charge < -0.3 is 14.8 Å². The molecule has 22 heavy (non-hydrogen) atoms. The zero-order valence-corrected chi connectivity index (χ0v) is 11.8. The fourth-order valence-corrected chi connectivity index (χ4v) is 2.16. The zero-order valence-electron chi connectivity index (χ0n) is 11.8. The predicted molar refractivity (Wildman–Crippen MR) is 83.3 cm³/mol. The highest BCUT2D eigenvalue weighted by molar-refractivity contribution is 6.06. The summed E-state index contributed by atoms with van der Waals surface area (Å²) >= 11 is 0. The summed E-state index contributed by atoms with van der Waals surface area (Å²) in [4.78, 5) is 24.1. The van der Waals surface area contributed by atoms with Crippen LogP contribution in [0.4, 0.5) is 5.69 Å². The number of para-hydroxylation sites is 1. The van der Waals surface area contributed by atoms with Crippen molar-refractivity contribution in [2.24, 2.45) is 0 Å². The largest absolute Gasteiger partial charge is 0.506 e. The molecule has 5 heteroatoms. The van der Waals surface area contributed by atoms with Crippen LogP contribution in [-0.2, 0) is 0 Å². The van der Waals surface area contributed by atoms with Crippen LogP contribution >= 0.6 is 0 Å². The first-order valence-electron chi connectivity index (χ1n) is 6.68. The molecule has 1 amide bonds. The number of hydrogen-bond acceptors (Lipinski definition) is 4. The first kappa shape index (κ1) is 13.9. The van der Waals surface area contributed by atoms with Gasteiger partial charge in [0.1, 0.15) is 16.9 Å². The van der Waals surface area contributed by atoms with Gasteiger partial charge in [0.25, 0.3) is 5.91 Å². The van der Waals surface area contributed by atoms with Gasteiger partial charge in [-0.1, -0.05) is 24.3 Å². The van der Waals surface area contributed by atoms with Gasteiger partial charge in [-0.05, 0) is 36.8 Å². The highest BCUT2D eigenvalue weighted by atomic mass is 16.4. The molecule has 0 atom stereocenters. The first-order valence-corrected chi connectivity index (χ1v) is 6.68. The molecular formula is C17H13NO4. The molecule has 1 aromatic heterocycles. The second kappa shape index (κ2) is 5.37. The molecule has 5 nitrogen and oxygen atoms in total. The maximum atomic E-state index is 12.2.